The van der Waals surface area contributed by atoms with Crippen molar-refractivity contribution in [3.05, 3.63) is 52.5 Å². The van der Waals surface area contributed by atoms with Gasteiger partial charge in [-0.25, -0.2) is 0 Å². The Morgan fingerprint density at radius 2 is 1.74 bits per heavy atom. The van der Waals surface area contributed by atoms with Gasteiger partial charge in [-0.2, -0.15) is 12.8 Å². The molecular weight excluding hydrogens is 330 g/mol. The number of rotatable bonds is 2. The van der Waals surface area contributed by atoms with Crippen molar-refractivity contribution in [3.63, 3.8) is 0 Å². The second-order valence-corrected chi connectivity index (χ2v) is 6.49. The fourth-order valence-electron chi connectivity index (χ4n) is 1.49. The van der Waals surface area contributed by atoms with Crippen LogP contribution < -0.4 is 0 Å². The summed E-state index contributed by atoms with van der Waals surface area (Å²) >= 11 is 3.24. The minimum Gasteiger partial charge on any atom is -0.290 e. The van der Waals surface area contributed by atoms with Gasteiger partial charge in [0.2, 0.25) is 0 Å². The number of hydrogen-bond donors (Lipinski definition) is 0. The van der Waals surface area contributed by atoms with Crippen LogP contribution in [0, 0.1) is 0 Å². The molecule has 0 aromatic heterocycles. The van der Waals surface area contributed by atoms with E-state index in [1.807, 2.05) is 0 Å². The lowest BCUT2D eigenvalue weighted by Crippen LogP contribution is -2.08. The van der Waals surface area contributed by atoms with Crippen LogP contribution in [0.5, 0.6) is 0 Å². The Balaban J connectivity index is 2.40. The fourth-order valence-corrected chi connectivity index (χ4v) is 2.73. The third-order valence-corrected chi connectivity index (χ3v) is 4.34. The summed E-state index contributed by atoms with van der Waals surface area (Å²) in [5.41, 5.74) is 0.715. The van der Waals surface area contributed by atoms with Crippen LogP contribution in [0.2, 0.25) is 0 Å². The summed E-state index contributed by atoms with van der Waals surface area (Å²) in [6.45, 7) is 1.62. The zero-order valence-corrected chi connectivity index (χ0v) is 12.4. The molecule has 0 spiro atoms. The topological polar surface area (TPSA) is 63.6 Å². The van der Waals surface area contributed by atoms with Gasteiger partial charge >= 0.3 is 0 Å². The Morgan fingerprint density at radius 3 is 2.32 bits per heavy atom. The largest absolute Gasteiger partial charge is 0.290 e. The van der Waals surface area contributed by atoms with Gasteiger partial charge in [0.15, 0.2) is 5.78 Å². The van der Waals surface area contributed by atoms with Gasteiger partial charge in [-0.15, -0.1) is 0 Å². The van der Waals surface area contributed by atoms with Gasteiger partial charge < -0.3 is 0 Å². The number of carbonyl (C=O) groups is 1. The Bertz CT molecular complexity index is 713. The van der Waals surface area contributed by atoms with E-state index >= 15 is 0 Å². The molecule has 0 radical (unpaired) electrons. The van der Waals surface area contributed by atoms with Gasteiger partial charge in [-0.05, 0) is 55.0 Å². The van der Waals surface area contributed by atoms with E-state index in [0.29, 0.717) is 5.57 Å². The summed E-state index contributed by atoms with van der Waals surface area (Å²) in [7, 11) is -3.76. The number of halogens is 1. The first-order chi connectivity index (χ1) is 8.88. The fraction of sp³-hybridized carbons (Fsp3) is 0.0769. The minimum absolute atomic E-state index is 0.111. The van der Waals surface area contributed by atoms with Gasteiger partial charge in [0.1, 0.15) is 0 Å². The molecule has 0 amide bonds. The van der Waals surface area contributed by atoms with Crippen LogP contribution in [-0.4, -0.2) is 19.9 Å². The highest BCUT2D eigenvalue weighted by Gasteiger charge is 2.15. The van der Waals surface area contributed by atoms with Crippen molar-refractivity contribution in [2.24, 2.45) is 4.40 Å². The van der Waals surface area contributed by atoms with Gasteiger partial charge in [-0.3, -0.25) is 4.79 Å². The maximum Gasteiger partial charge on any atom is 0.282 e. The number of benzene rings is 1. The van der Waals surface area contributed by atoms with Crippen LogP contribution in [0.1, 0.15) is 6.92 Å². The van der Waals surface area contributed by atoms with Crippen LogP contribution in [0.3, 0.4) is 0 Å². The highest BCUT2D eigenvalue weighted by Crippen LogP contribution is 2.17. The Hall–Kier alpha value is -1.53. The van der Waals surface area contributed by atoms with Crippen LogP contribution in [-0.2, 0) is 14.8 Å². The molecular formula is C13H10BrNO3S. The van der Waals surface area contributed by atoms with E-state index in [-0.39, 0.29) is 16.4 Å². The number of ketones is 1. The molecule has 1 aliphatic rings. The smallest absolute Gasteiger partial charge is 0.282 e. The van der Waals surface area contributed by atoms with Crippen LogP contribution >= 0.6 is 15.9 Å². The minimum atomic E-state index is -3.76. The molecule has 0 fully saturated rings. The zero-order chi connectivity index (χ0) is 14.0. The summed E-state index contributed by atoms with van der Waals surface area (Å²) in [5, 5.41) is 0. The molecule has 2 rings (SSSR count). The molecule has 0 unspecified atom stereocenters. The van der Waals surface area contributed by atoms with Gasteiger partial charge in [0, 0.05) is 4.47 Å². The number of sulfonamides is 1. The third kappa shape index (κ3) is 3.27. The Morgan fingerprint density at radius 1 is 1.11 bits per heavy atom. The normalized spacial score (nSPS) is 17.7. The molecule has 98 valence electrons. The highest BCUT2D eigenvalue weighted by atomic mass is 79.9. The number of hydrogen-bond acceptors (Lipinski definition) is 3. The lowest BCUT2D eigenvalue weighted by molar-refractivity contribution is -0.111. The monoisotopic (exact) mass is 339 g/mol. The summed E-state index contributed by atoms with van der Waals surface area (Å²) in [6.07, 6.45) is 4.16. The Labute approximate surface area is 119 Å². The van der Waals surface area contributed by atoms with Crippen molar-refractivity contribution in [2.45, 2.75) is 11.8 Å². The summed E-state index contributed by atoms with van der Waals surface area (Å²) in [5.74, 6) is -0.139. The average Bonchev–Trinajstić information content (AvgIpc) is 2.34. The molecule has 1 aliphatic carbocycles. The molecule has 0 bridgehead atoms. The van der Waals surface area contributed by atoms with E-state index in [9.17, 15) is 13.2 Å². The van der Waals surface area contributed by atoms with Gasteiger partial charge in [-0.1, -0.05) is 15.9 Å². The van der Waals surface area contributed by atoms with E-state index < -0.39 is 10.0 Å². The van der Waals surface area contributed by atoms with Crippen LogP contribution in [0.15, 0.2) is 61.8 Å². The number of allylic oxidation sites excluding steroid dienone is 4. The quantitative estimate of drug-likeness (QED) is 0.778. The first-order valence-electron chi connectivity index (χ1n) is 5.40. The zero-order valence-electron chi connectivity index (χ0n) is 10.00. The van der Waals surface area contributed by atoms with E-state index in [0.717, 1.165) is 4.47 Å². The molecule has 19 heavy (non-hydrogen) atoms. The van der Waals surface area contributed by atoms with Crippen molar-refractivity contribution < 1.29 is 13.2 Å². The van der Waals surface area contributed by atoms with E-state index in [4.69, 9.17) is 0 Å². The van der Waals surface area contributed by atoms with Crippen molar-refractivity contribution in [2.75, 3.05) is 0 Å². The van der Waals surface area contributed by atoms with E-state index in [1.54, 1.807) is 19.1 Å². The Kier molecular flexibility index (Phi) is 3.82. The van der Waals surface area contributed by atoms with Crippen molar-refractivity contribution in [3.8, 4) is 0 Å². The molecule has 0 atom stereocenters. The number of nitrogens with zero attached hydrogens (tertiary/aromatic N) is 1. The van der Waals surface area contributed by atoms with Crippen molar-refractivity contribution >= 4 is 37.4 Å². The van der Waals surface area contributed by atoms with Crippen LogP contribution in [0.25, 0.3) is 0 Å². The lowest BCUT2D eigenvalue weighted by Gasteiger charge is -2.04. The SMILES string of the molecule is CC1=C/C(=N\S(=O)(=O)c2ccc(Br)cc2)C=CC1=O. The third-order valence-electron chi connectivity index (χ3n) is 2.50. The first kappa shape index (κ1) is 13.9. The van der Waals surface area contributed by atoms with Crippen molar-refractivity contribution in [1.29, 1.82) is 0 Å². The predicted octanol–water partition coefficient (Wildman–Crippen LogP) is 2.66. The second kappa shape index (κ2) is 5.22. The lowest BCUT2D eigenvalue weighted by atomic mass is 10.1. The summed E-state index contributed by atoms with van der Waals surface area (Å²) in [6, 6.07) is 6.21. The number of carbonyl (C=O) groups excluding carboxylic acids is 1. The summed E-state index contributed by atoms with van der Waals surface area (Å²) in [4.78, 5) is 11.4. The van der Waals surface area contributed by atoms with E-state index in [2.05, 4.69) is 20.3 Å². The predicted molar refractivity (Wildman–Crippen MR) is 76.7 cm³/mol. The summed E-state index contributed by atoms with van der Waals surface area (Å²) < 4.78 is 28.6. The highest BCUT2D eigenvalue weighted by molar-refractivity contribution is 9.10. The van der Waals surface area contributed by atoms with Crippen LogP contribution in [0.4, 0.5) is 0 Å². The molecule has 0 saturated heterocycles. The molecule has 0 saturated carbocycles. The average molecular weight is 340 g/mol. The van der Waals surface area contributed by atoms with Gasteiger partial charge in [0.25, 0.3) is 10.0 Å². The second-order valence-electron chi connectivity index (χ2n) is 3.97. The molecule has 1 aromatic rings. The first-order valence-corrected chi connectivity index (χ1v) is 7.63. The maximum atomic E-state index is 12.0. The molecule has 0 heterocycles. The van der Waals surface area contributed by atoms with Gasteiger partial charge in [0.05, 0.1) is 10.6 Å². The van der Waals surface area contributed by atoms with Crippen molar-refractivity contribution in [1.82, 2.24) is 0 Å². The molecule has 1 aromatic carbocycles. The standard InChI is InChI=1S/C13H10BrNO3S/c1-9-8-11(4-7-13(9)16)15-19(17,18)12-5-2-10(14)3-6-12/h2-8H,1H3/b15-11-. The van der Waals surface area contributed by atoms with E-state index in [1.165, 1.54) is 30.4 Å². The maximum absolute atomic E-state index is 12.0. The molecule has 0 aliphatic heterocycles. The molecule has 4 nitrogen and oxygen atoms in total. The molecule has 6 heteroatoms. The molecule has 0 N–H and O–H groups in total.